The number of aromatic nitrogens is 2. The van der Waals surface area contributed by atoms with E-state index in [2.05, 4.69) is 5.10 Å². The molecule has 0 aliphatic carbocycles. The number of ether oxygens (including phenoxy) is 1. The number of hydrogen-bond acceptors (Lipinski definition) is 5. The summed E-state index contributed by atoms with van der Waals surface area (Å²) in [6.07, 6.45) is -2.17. The van der Waals surface area contributed by atoms with Gasteiger partial charge in [-0.3, -0.25) is 9.69 Å². The number of halogens is 4. The molecule has 3 rings (SSSR count). The van der Waals surface area contributed by atoms with Crippen molar-refractivity contribution in [3.8, 4) is 0 Å². The van der Waals surface area contributed by atoms with E-state index in [1.54, 1.807) is 0 Å². The molecule has 1 unspecified atom stereocenters. The van der Waals surface area contributed by atoms with Crippen LogP contribution in [0, 0.1) is 0 Å². The van der Waals surface area contributed by atoms with Gasteiger partial charge < -0.3 is 9.84 Å². The number of carbonyl (C=O) groups excluding carboxylic acids is 1. The van der Waals surface area contributed by atoms with Gasteiger partial charge in [0.2, 0.25) is 0 Å². The molecule has 7 nitrogen and oxygen atoms in total. The molecule has 1 aromatic heterocycles. The fourth-order valence-corrected chi connectivity index (χ4v) is 3.59. The Morgan fingerprint density at radius 3 is 2.60 bits per heavy atom. The van der Waals surface area contributed by atoms with E-state index in [0.717, 1.165) is 12.1 Å². The molecule has 1 saturated heterocycles. The Morgan fingerprint density at radius 1 is 1.33 bits per heavy atom. The number of hydrogen-bond donors (Lipinski definition) is 1. The molecule has 0 saturated carbocycles. The van der Waals surface area contributed by atoms with Crippen molar-refractivity contribution in [2.45, 2.75) is 37.9 Å². The predicted molar refractivity (Wildman–Crippen MR) is 100 cm³/mol. The summed E-state index contributed by atoms with van der Waals surface area (Å²) in [6.45, 7) is 0.964. The molecule has 30 heavy (non-hydrogen) atoms. The first-order chi connectivity index (χ1) is 14.2. The third kappa shape index (κ3) is 5.38. The highest BCUT2D eigenvalue weighted by Crippen LogP contribution is 2.32. The highest BCUT2D eigenvalue weighted by atomic mass is 35.5. The zero-order valence-electron chi connectivity index (χ0n) is 15.7. The van der Waals surface area contributed by atoms with Crippen LogP contribution in [0.25, 0.3) is 0 Å². The number of aldehydes is 1. The Morgan fingerprint density at radius 2 is 2.03 bits per heavy atom. The summed E-state index contributed by atoms with van der Waals surface area (Å²) in [5, 5.41) is 12.9. The minimum Gasteiger partial charge on any atom is -0.476 e. The van der Waals surface area contributed by atoms with Gasteiger partial charge in [-0.2, -0.15) is 18.3 Å². The zero-order valence-corrected chi connectivity index (χ0v) is 16.4. The van der Waals surface area contributed by atoms with Gasteiger partial charge >= 0.3 is 12.1 Å². The summed E-state index contributed by atoms with van der Waals surface area (Å²) in [4.78, 5) is 24.3. The Kier molecular flexibility index (Phi) is 6.79. The molecule has 1 aliphatic rings. The van der Waals surface area contributed by atoms with Crippen LogP contribution in [0.5, 0.6) is 0 Å². The Labute approximate surface area is 175 Å². The van der Waals surface area contributed by atoms with Crippen molar-refractivity contribution >= 4 is 23.9 Å². The molecule has 1 N–H and O–H groups in total. The maximum atomic E-state index is 12.9. The van der Waals surface area contributed by atoms with E-state index in [-0.39, 0.29) is 23.4 Å². The van der Waals surface area contributed by atoms with Crippen LogP contribution in [0.15, 0.2) is 30.5 Å². The van der Waals surface area contributed by atoms with Gasteiger partial charge in [-0.25, -0.2) is 9.48 Å². The van der Waals surface area contributed by atoms with Crippen LogP contribution in [-0.2, 0) is 22.3 Å². The van der Waals surface area contributed by atoms with Crippen molar-refractivity contribution in [2.75, 3.05) is 13.1 Å². The van der Waals surface area contributed by atoms with Gasteiger partial charge in [0.1, 0.15) is 0 Å². The van der Waals surface area contributed by atoms with Crippen LogP contribution in [0.3, 0.4) is 0 Å². The first-order valence-electron chi connectivity index (χ1n) is 9.13. The number of benzene rings is 1. The van der Waals surface area contributed by atoms with Crippen LogP contribution < -0.4 is 0 Å². The molecule has 2 aromatic rings. The fourth-order valence-electron chi connectivity index (χ4n) is 3.33. The summed E-state index contributed by atoms with van der Waals surface area (Å²) in [5.74, 6) is -1.18. The summed E-state index contributed by atoms with van der Waals surface area (Å²) in [6, 6.07) is 4.64. The summed E-state index contributed by atoms with van der Waals surface area (Å²) in [5.41, 5.74) is -0.641. The van der Waals surface area contributed by atoms with Gasteiger partial charge in [-0.15, -0.1) is 0 Å². The molecule has 11 heteroatoms. The van der Waals surface area contributed by atoms with Crippen LogP contribution in [-0.4, -0.2) is 51.2 Å². The van der Waals surface area contributed by atoms with Crippen molar-refractivity contribution in [3.05, 3.63) is 52.3 Å². The average molecular weight is 446 g/mol. The van der Waals surface area contributed by atoms with Gasteiger partial charge in [0, 0.05) is 24.3 Å². The van der Waals surface area contributed by atoms with E-state index in [1.165, 1.54) is 23.0 Å². The van der Waals surface area contributed by atoms with Gasteiger partial charge in [-0.05, 0) is 42.7 Å². The molecule has 2 heterocycles. The minimum atomic E-state index is -4.48. The van der Waals surface area contributed by atoms with Gasteiger partial charge in [0.25, 0.3) is 0 Å². The number of rotatable bonds is 7. The summed E-state index contributed by atoms with van der Waals surface area (Å²) in [7, 11) is 0. The Hall–Kier alpha value is -2.43. The van der Waals surface area contributed by atoms with Gasteiger partial charge in [0.05, 0.1) is 18.3 Å². The predicted octanol–water partition coefficient (Wildman–Crippen LogP) is 3.63. The Balaban J connectivity index is 1.56. The van der Waals surface area contributed by atoms with Crippen LogP contribution in [0.4, 0.5) is 13.2 Å². The number of carbonyl (C=O) groups is 2. The van der Waals surface area contributed by atoms with Crippen LogP contribution in [0.2, 0.25) is 5.02 Å². The van der Waals surface area contributed by atoms with Gasteiger partial charge in [0.15, 0.2) is 18.1 Å². The second kappa shape index (κ2) is 9.15. The van der Waals surface area contributed by atoms with E-state index in [4.69, 9.17) is 21.4 Å². The third-order valence-corrected chi connectivity index (χ3v) is 5.06. The first-order valence-corrected chi connectivity index (χ1v) is 9.51. The number of likely N-dealkylation sites (tertiary alicyclic amines) is 1. The lowest BCUT2D eigenvalue weighted by molar-refractivity contribution is -0.137. The van der Waals surface area contributed by atoms with Gasteiger partial charge in [-0.1, -0.05) is 11.6 Å². The maximum Gasteiger partial charge on any atom is 0.416 e. The molecule has 1 atom stereocenters. The molecule has 0 bridgehead atoms. The van der Waals surface area contributed by atoms with Crippen LogP contribution in [0.1, 0.15) is 40.6 Å². The molecule has 0 radical (unpaired) electrons. The largest absolute Gasteiger partial charge is 0.476 e. The first kappa shape index (κ1) is 22.3. The topological polar surface area (TPSA) is 84.7 Å². The molecule has 162 valence electrons. The maximum absolute atomic E-state index is 12.9. The van der Waals surface area contributed by atoms with E-state index in [0.29, 0.717) is 37.8 Å². The summed E-state index contributed by atoms with van der Waals surface area (Å²) >= 11 is 5.79. The molecule has 1 fully saturated rings. The van der Waals surface area contributed by atoms with Crippen LogP contribution >= 0.6 is 11.6 Å². The van der Waals surface area contributed by atoms with E-state index < -0.39 is 23.9 Å². The monoisotopic (exact) mass is 445 g/mol. The minimum absolute atomic E-state index is 0.00739. The van der Waals surface area contributed by atoms with Crippen molar-refractivity contribution in [2.24, 2.45) is 0 Å². The number of piperidine rings is 1. The van der Waals surface area contributed by atoms with Crippen molar-refractivity contribution in [3.63, 3.8) is 0 Å². The lowest BCUT2D eigenvalue weighted by Gasteiger charge is -2.35. The molecule has 0 amide bonds. The highest BCUT2D eigenvalue weighted by Gasteiger charge is 2.31. The standard InChI is InChI=1S/C19H19ClF3N3O4/c20-14-8-12(7-13(9-14)19(21,22)23)11-30-15-1-4-25(5-2-15)17(10-27)26-6-3-16(24-26)18(28)29/h3,6-10,15,17H,1-2,4-5,11H2,(H,28,29). The van der Waals surface area contributed by atoms with E-state index in [1.807, 2.05) is 4.90 Å². The number of alkyl halides is 3. The fraction of sp³-hybridized carbons (Fsp3) is 0.421. The van der Waals surface area contributed by atoms with Crippen molar-refractivity contribution in [1.29, 1.82) is 0 Å². The number of carboxylic acids is 1. The quantitative estimate of drug-likeness (QED) is 0.655. The zero-order chi connectivity index (χ0) is 21.9. The number of carboxylic acid groups (broad SMARTS) is 1. The van der Waals surface area contributed by atoms with E-state index >= 15 is 0 Å². The second-order valence-electron chi connectivity index (χ2n) is 6.93. The molecular formula is C19H19ClF3N3O4. The lowest BCUT2D eigenvalue weighted by atomic mass is 10.1. The molecule has 1 aromatic carbocycles. The molecule has 1 aliphatic heterocycles. The second-order valence-corrected chi connectivity index (χ2v) is 7.36. The lowest BCUT2D eigenvalue weighted by Crippen LogP contribution is -2.42. The highest BCUT2D eigenvalue weighted by molar-refractivity contribution is 6.30. The molecule has 0 spiro atoms. The van der Waals surface area contributed by atoms with Crippen molar-refractivity contribution in [1.82, 2.24) is 14.7 Å². The van der Waals surface area contributed by atoms with E-state index in [9.17, 15) is 22.8 Å². The molecular weight excluding hydrogens is 427 g/mol. The number of nitrogens with zero attached hydrogens (tertiary/aromatic N) is 3. The number of aromatic carboxylic acids is 1. The smallest absolute Gasteiger partial charge is 0.416 e. The normalized spacial score (nSPS) is 17.1. The summed E-state index contributed by atoms with van der Waals surface area (Å²) < 4.78 is 45.8. The average Bonchev–Trinajstić information content (AvgIpc) is 3.17. The Bertz CT molecular complexity index is 911. The van der Waals surface area contributed by atoms with Crippen molar-refractivity contribution < 1.29 is 32.6 Å². The third-order valence-electron chi connectivity index (χ3n) is 4.84. The SMILES string of the molecule is O=CC(N1CCC(OCc2cc(Cl)cc(C(F)(F)F)c2)CC1)n1ccc(C(=O)O)n1.